The Morgan fingerprint density at radius 1 is 1.14 bits per heavy atom. The van der Waals surface area contributed by atoms with E-state index in [9.17, 15) is 0 Å². The first-order valence-corrected chi connectivity index (χ1v) is 8.41. The molecule has 3 aliphatic heterocycles. The summed E-state index contributed by atoms with van der Waals surface area (Å²) in [5, 5.41) is 3.20. The summed E-state index contributed by atoms with van der Waals surface area (Å²) >= 11 is 3.66. The molecule has 116 valence electrons. The number of hydrogen-bond donors (Lipinski definition) is 1. The van der Waals surface area contributed by atoms with Crippen LogP contribution < -0.4 is 5.32 Å². The molecule has 1 aromatic rings. The minimum Gasteiger partial charge on any atom is -0.372 e. The lowest BCUT2D eigenvalue weighted by Gasteiger charge is -2.46. The lowest BCUT2D eigenvalue weighted by molar-refractivity contribution is 0.00853. The minimum absolute atomic E-state index is 0.00851. The van der Waals surface area contributed by atoms with Crippen molar-refractivity contribution in [2.75, 3.05) is 45.1 Å². The van der Waals surface area contributed by atoms with Crippen molar-refractivity contribution in [1.82, 2.24) is 19.8 Å². The van der Waals surface area contributed by atoms with Crippen LogP contribution in [-0.4, -0.2) is 59.5 Å². The summed E-state index contributed by atoms with van der Waals surface area (Å²) in [5.74, 6) is 1.85. The van der Waals surface area contributed by atoms with Gasteiger partial charge in [-0.2, -0.15) is 0 Å². The van der Waals surface area contributed by atoms with Gasteiger partial charge in [-0.1, -0.05) is 20.8 Å². The monoisotopic (exact) mass is 353 g/mol. The Kier molecular flexibility index (Phi) is 3.96. The molecule has 0 spiro atoms. The van der Waals surface area contributed by atoms with Crippen LogP contribution in [0, 0.1) is 0 Å². The van der Waals surface area contributed by atoms with Gasteiger partial charge in [0.1, 0.15) is 11.6 Å². The van der Waals surface area contributed by atoms with Crippen molar-refractivity contribution in [2.45, 2.75) is 32.2 Å². The van der Waals surface area contributed by atoms with E-state index in [-0.39, 0.29) is 5.41 Å². The molecule has 2 bridgehead atoms. The topological polar surface area (TPSA) is 44.3 Å². The smallest absolute Gasteiger partial charge is 0.149 e. The molecule has 1 unspecified atom stereocenters. The van der Waals surface area contributed by atoms with Gasteiger partial charge >= 0.3 is 0 Å². The largest absolute Gasteiger partial charge is 0.372 e. The Morgan fingerprint density at radius 3 is 2.29 bits per heavy atom. The number of hydrogen-bond acceptors (Lipinski definition) is 5. The fourth-order valence-corrected chi connectivity index (χ4v) is 4.11. The van der Waals surface area contributed by atoms with E-state index >= 15 is 0 Å². The number of anilines is 1. The van der Waals surface area contributed by atoms with Gasteiger partial charge < -0.3 is 5.32 Å². The second-order valence-corrected chi connectivity index (χ2v) is 7.74. The number of nitrogens with one attached hydrogen (secondary N) is 1. The molecule has 1 atom stereocenters. The molecule has 3 fully saturated rings. The van der Waals surface area contributed by atoms with E-state index in [0.29, 0.717) is 6.04 Å². The van der Waals surface area contributed by atoms with Gasteiger partial charge in [-0.25, -0.2) is 9.97 Å². The van der Waals surface area contributed by atoms with Crippen molar-refractivity contribution >= 4 is 21.7 Å². The highest BCUT2D eigenvalue weighted by Gasteiger charge is 2.36. The van der Waals surface area contributed by atoms with E-state index in [1.54, 1.807) is 0 Å². The average molecular weight is 354 g/mol. The molecule has 0 saturated carbocycles. The van der Waals surface area contributed by atoms with Crippen LogP contribution in [0.1, 0.15) is 38.3 Å². The number of piperazine rings is 3. The third kappa shape index (κ3) is 2.81. The summed E-state index contributed by atoms with van der Waals surface area (Å²) in [6, 6.07) is 0.328. The molecule has 1 N–H and O–H groups in total. The summed E-state index contributed by atoms with van der Waals surface area (Å²) in [6.07, 6.45) is 0. The van der Waals surface area contributed by atoms with Crippen molar-refractivity contribution in [3.8, 4) is 0 Å². The van der Waals surface area contributed by atoms with Gasteiger partial charge in [-0.15, -0.1) is 0 Å². The second-order valence-electron chi connectivity index (χ2n) is 6.95. The maximum absolute atomic E-state index is 4.93. The second kappa shape index (κ2) is 5.48. The van der Waals surface area contributed by atoms with Crippen LogP contribution in [0.3, 0.4) is 0 Å². The molecular weight excluding hydrogens is 330 g/mol. The van der Waals surface area contributed by atoms with Gasteiger partial charge in [0.2, 0.25) is 0 Å². The minimum atomic E-state index is -0.00851. The third-order valence-electron chi connectivity index (χ3n) is 4.39. The van der Waals surface area contributed by atoms with Crippen LogP contribution in [0.5, 0.6) is 0 Å². The molecule has 4 heterocycles. The molecular formula is C15H24BrN5. The Balaban J connectivity index is 2.03. The van der Waals surface area contributed by atoms with Crippen molar-refractivity contribution < 1.29 is 0 Å². The number of halogens is 1. The molecule has 21 heavy (non-hydrogen) atoms. The molecule has 4 rings (SSSR count). The predicted molar refractivity (Wildman–Crippen MR) is 88.7 cm³/mol. The summed E-state index contributed by atoms with van der Waals surface area (Å²) in [6.45, 7) is 12.2. The first-order valence-electron chi connectivity index (χ1n) is 7.62. The van der Waals surface area contributed by atoms with Crippen LogP contribution in [0.2, 0.25) is 0 Å². The fourth-order valence-electron chi connectivity index (χ4n) is 3.14. The lowest BCUT2D eigenvalue weighted by atomic mass is 9.91. The van der Waals surface area contributed by atoms with Gasteiger partial charge in [0.05, 0.1) is 16.2 Å². The van der Waals surface area contributed by atoms with Crippen LogP contribution in [0.4, 0.5) is 5.82 Å². The molecule has 6 heteroatoms. The molecule has 3 saturated heterocycles. The van der Waals surface area contributed by atoms with Gasteiger partial charge in [0.15, 0.2) is 0 Å². The molecule has 1 aromatic heterocycles. The normalized spacial score (nSPS) is 28.7. The predicted octanol–water partition coefficient (Wildman–Crippen LogP) is 2.25. The lowest BCUT2D eigenvalue weighted by Crippen LogP contribution is -2.57. The van der Waals surface area contributed by atoms with Gasteiger partial charge in [-0.3, -0.25) is 9.80 Å². The number of nitrogens with zero attached hydrogens (tertiary/aromatic N) is 4. The van der Waals surface area contributed by atoms with Gasteiger partial charge in [0.25, 0.3) is 0 Å². The Morgan fingerprint density at radius 2 is 1.81 bits per heavy atom. The van der Waals surface area contributed by atoms with Crippen LogP contribution in [0.15, 0.2) is 4.47 Å². The van der Waals surface area contributed by atoms with Crippen molar-refractivity contribution in [1.29, 1.82) is 0 Å². The quantitative estimate of drug-likeness (QED) is 0.883. The summed E-state index contributed by atoms with van der Waals surface area (Å²) in [4.78, 5) is 14.7. The maximum Gasteiger partial charge on any atom is 0.149 e. The van der Waals surface area contributed by atoms with Crippen LogP contribution in [0.25, 0.3) is 0 Å². The Labute approximate surface area is 135 Å². The van der Waals surface area contributed by atoms with Crippen molar-refractivity contribution in [3.63, 3.8) is 0 Å². The van der Waals surface area contributed by atoms with E-state index in [1.807, 2.05) is 7.05 Å². The molecule has 0 radical (unpaired) electrons. The van der Waals surface area contributed by atoms with E-state index in [2.05, 4.69) is 51.8 Å². The summed E-state index contributed by atoms with van der Waals surface area (Å²) < 4.78 is 0.984. The van der Waals surface area contributed by atoms with E-state index < -0.39 is 0 Å². The highest BCUT2D eigenvalue weighted by Crippen LogP contribution is 2.35. The van der Waals surface area contributed by atoms with Crippen LogP contribution in [-0.2, 0) is 5.41 Å². The standard InChI is InChI=1S/C15H24BrN5/c1-15(2,3)12-11(16)14(17-4)19-13(18-12)10-9-20-5-7-21(10)8-6-20/h10H,5-9H2,1-4H3,(H,17,18,19). The van der Waals surface area contributed by atoms with Gasteiger partial charge in [0, 0.05) is 45.2 Å². The molecule has 5 nitrogen and oxygen atoms in total. The van der Waals surface area contributed by atoms with Crippen LogP contribution >= 0.6 is 15.9 Å². The highest BCUT2D eigenvalue weighted by atomic mass is 79.9. The highest BCUT2D eigenvalue weighted by molar-refractivity contribution is 9.10. The zero-order valence-electron chi connectivity index (χ0n) is 13.3. The van der Waals surface area contributed by atoms with E-state index in [1.165, 1.54) is 13.1 Å². The SMILES string of the molecule is CNc1nc(C2CN3CCN2CC3)nc(C(C)(C)C)c1Br. The van der Waals surface area contributed by atoms with E-state index in [0.717, 1.165) is 41.4 Å². The maximum atomic E-state index is 4.93. The number of fused-ring (bicyclic) bond motifs is 3. The number of aromatic nitrogens is 2. The molecule has 0 amide bonds. The van der Waals surface area contributed by atoms with E-state index in [4.69, 9.17) is 9.97 Å². The molecule has 3 aliphatic rings. The first kappa shape index (κ1) is 15.2. The summed E-state index contributed by atoms with van der Waals surface area (Å²) in [7, 11) is 1.92. The zero-order valence-corrected chi connectivity index (χ0v) is 14.9. The summed E-state index contributed by atoms with van der Waals surface area (Å²) in [5.41, 5.74) is 1.07. The van der Waals surface area contributed by atoms with Crippen molar-refractivity contribution in [2.24, 2.45) is 0 Å². The fraction of sp³-hybridized carbons (Fsp3) is 0.733. The molecule has 0 aromatic carbocycles. The zero-order chi connectivity index (χ0) is 15.2. The van der Waals surface area contributed by atoms with Gasteiger partial charge in [-0.05, 0) is 15.9 Å². The Hall–Kier alpha value is -0.720. The van der Waals surface area contributed by atoms with Crippen molar-refractivity contribution in [3.05, 3.63) is 16.0 Å². The molecule has 0 aliphatic carbocycles. The first-order chi connectivity index (χ1) is 9.90. The number of rotatable bonds is 2. The average Bonchev–Trinajstić information content (AvgIpc) is 2.47. The Bertz CT molecular complexity index is 532. The third-order valence-corrected chi connectivity index (χ3v) is 5.14.